The van der Waals surface area contributed by atoms with Gasteiger partial charge in [-0.15, -0.1) is 0 Å². The summed E-state index contributed by atoms with van der Waals surface area (Å²) in [6, 6.07) is 2.39. The van der Waals surface area contributed by atoms with Crippen LogP contribution in [0, 0.1) is 13.8 Å². The molecule has 6 aromatic rings. The van der Waals surface area contributed by atoms with Gasteiger partial charge < -0.3 is 9.97 Å². The number of nitrogens with zero attached hydrogens (tertiary/aromatic N) is 8. The Morgan fingerprint density at radius 2 is 0.962 bits per heavy atom. The van der Waals surface area contributed by atoms with Crippen molar-refractivity contribution >= 4 is 22.1 Å². The minimum Gasteiger partial charge on any atom is -0.310 e. The summed E-state index contributed by atoms with van der Waals surface area (Å²) in [5.74, 6) is 0.393. The van der Waals surface area contributed by atoms with Crippen LogP contribution < -0.4 is 11.1 Å². The second-order valence-corrected chi connectivity index (χ2v) is 11.3. The number of aryl methyl sites for hydroxylation is 2. The third kappa shape index (κ3) is 7.35. The van der Waals surface area contributed by atoms with E-state index in [9.17, 15) is 53.5 Å². The first-order valence-electron chi connectivity index (χ1n) is 14.8. The molecule has 0 unspecified atom stereocenters. The van der Waals surface area contributed by atoms with Crippen molar-refractivity contribution in [3.05, 3.63) is 103 Å². The third-order valence-electron chi connectivity index (χ3n) is 7.68. The smallest absolute Gasteiger partial charge is 0.310 e. The van der Waals surface area contributed by atoms with Crippen molar-refractivity contribution in [3.63, 3.8) is 0 Å². The van der Waals surface area contributed by atoms with Crippen molar-refractivity contribution in [2.75, 3.05) is 0 Å². The SMILES string of the molecule is Cc1nc2c(c(C(F)F)nn2[C@@H](C)c2ccc(C(F)(F)F)nc2)c(=O)[nH]1.Cc1nc2c(c(C(F)F)nn2[C@H](C)c2ccc(C(F)(F)F)nc2)c(=O)[nH]1. The van der Waals surface area contributed by atoms with Gasteiger partial charge in [0.1, 0.15) is 45.2 Å². The highest BCUT2D eigenvalue weighted by Gasteiger charge is 2.34. The summed E-state index contributed by atoms with van der Waals surface area (Å²) >= 11 is 0. The van der Waals surface area contributed by atoms with Crippen LogP contribution in [0.1, 0.15) is 84.3 Å². The first kappa shape index (κ1) is 37.6. The van der Waals surface area contributed by atoms with Gasteiger partial charge in [0, 0.05) is 12.4 Å². The number of aromatic amines is 2. The van der Waals surface area contributed by atoms with E-state index in [1.165, 1.54) is 39.8 Å². The Morgan fingerprint density at radius 1 is 0.615 bits per heavy atom. The molecule has 0 bridgehead atoms. The van der Waals surface area contributed by atoms with Gasteiger partial charge in [-0.25, -0.2) is 36.9 Å². The Labute approximate surface area is 283 Å². The van der Waals surface area contributed by atoms with Crippen LogP contribution in [0.4, 0.5) is 43.9 Å². The maximum absolute atomic E-state index is 13.2. The highest BCUT2D eigenvalue weighted by Crippen LogP contribution is 2.32. The van der Waals surface area contributed by atoms with Gasteiger partial charge in [0.15, 0.2) is 11.3 Å². The summed E-state index contributed by atoms with van der Waals surface area (Å²) in [7, 11) is 0. The van der Waals surface area contributed by atoms with Crippen LogP contribution in [0.5, 0.6) is 0 Å². The number of hydrogen-bond acceptors (Lipinski definition) is 8. The summed E-state index contributed by atoms with van der Waals surface area (Å²) in [5, 5.41) is 6.85. The number of fused-ring (bicyclic) bond motifs is 2. The van der Waals surface area contributed by atoms with Gasteiger partial charge in [0.05, 0.1) is 12.1 Å². The van der Waals surface area contributed by atoms with Crippen molar-refractivity contribution in [3.8, 4) is 0 Å². The Hall–Kier alpha value is -5.70. The predicted molar refractivity (Wildman–Crippen MR) is 162 cm³/mol. The van der Waals surface area contributed by atoms with E-state index in [2.05, 4.69) is 40.1 Å². The minimum atomic E-state index is -4.59. The van der Waals surface area contributed by atoms with E-state index in [4.69, 9.17) is 0 Å². The molecule has 0 radical (unpaired) electrons. The summed E-state index contributed by atoms with van der Waals surface area (Å²) in [6.45, 7) is 6.02. The Morgan fingerprint density at radius 3 is 1.23 bits per heavy atom. The average molecular weight is 747 g/mol. The number of rotatable bonds is 6. The molecule has 0 saturated carbocycles. The monoisotopic (exact) mass is 746 g/mol. The van der Waals surface area contributed by atoms with Crippen LogP contribution >= 0.6 is 0 Å². The molecule has 0 aliphatic carbocycles. The molecule has 0 spiro atoms. The van der Waals surface area contributed by atoms with Gasteiger partial charge in [-0.3, -0.25) is 19.6 Å². The topological polar surface area (TPSA) is 153 Å². The molecule has 0 aliphatic heterocycles. The zero-order valence-electron chi connectivity index (χ0n) is 26.9. The molecular weight excluding hydrogens is 722 g/mol. The second-order valence-electron chi connectivity index (χ2n) is 11.3. The van der Waals surface area contributed by atoms with Crippen LogP contribution in [0.15, 0.2) is 46.2 Å². The molecular formula is C30H24F10N10O2. The van der Waals surface area contributed by atoms with Gasteiger partial charge in [0.2, 0.25) is 0 Å². The maximum atomic E-state index is 13.2. The van der Waals surface area contributed by atoms with E-state index in [-0.39, 0.29) is 33.7 Å². The zero-order valence-corrected chi connectivity index (χ0v) is 26.9. The molecule has 52 heavy (non-hydrogen) atoms. The van der Waals surface area contributed by atoms with E-state index in [1.54, 1.807) is 0 Å². The molecule has 0 saturated heterocycles. The van der Waals surface area contributed by atoms with Crippen molar-refractivity contribution in [2.45, 2.75) is 65.0 Å². The highest BCUT2D eigenvalue weighted by atomic mass is 19.4. The Balaban J connectivity index is 0.000000201. The molecule has 0 fully saturated rings. The van der Waals surface area contributed by atoms with Gasteiger partial charge in [-0.1, -0.05) is 12.1 Å². The fraction of sp³-hybridized carbons (Fsp3) is 0.333. The highest BCUT2D eigenvalue weighted by molar-refractivity contribution is 5.78. The van der Waals surface area contributed by atoms with E-state index >= 15 is 0 Å². The summed E-state index contributed by atoms with van der Waals surface area (Å²) in [4.78, 5) is 43.5. The van der Waals surface area contributed by atoms with Crippen LogP contribution in [-0.2, 0) is 12.4 Å². The number of aromatic nitrogens is 10. The number of hydrogen-bond donors (Lipinski definition) is 2. The van der Waals surface area contributed by atoms with Gasteiger partial charge in [0.25, 0.3) is 24.0 Å². The van der Waals surface area contributed by atoms with E-state index in [0.29, 0.717) is 11.1 Å². The standard InChI is InChI=1S/2C15H12F5N5O/c2*1-6(8-3-4-9(21-5-8)15(18,19)20)25-13-10(11(24-25)12(16)17)14(26)23-7(2)22-13/h2*3-6,12H,1-2H3,(H,22,23,26)/t2*6-/m10/s1. The predicted octanol–water partition coefficient (Wildman–Crippen LogP) is 6.78. The Bertz CT molecular complexity index is 2180. The van der Waals surface area contributed by atoms with Crippen LogP contribution in [0.3, 0.4) is 0 Å². The lowest BCUT2D eigenvalue weighted by atomic mass is 10.1. The number of halogens is 10. The lowest BCUT2D eigenvalue weighted by Gasteiger charge is -2.14. The molecule has 2 N–H and O–H groups in total. The fourth-order valence-corrected chi connectivity index (χ4v) is 5.13. The molecule has 2 atom stereocenters. The molecule has 6 heterocycles. The fourth-order valence-electron chi connectivity index (χ4n) is 5.13. The summed E-state index contributed by atoms with van der Waals surface area (Å²) < 4.78 is 131. The lowest BCUT2D eigenvalue weighted by Crippen LogP contribution is -2.14. The first-order valence-corrected chi connectivity index (χ1v) is 14.8. The summed E-state index contributed by atoms with van der Waals surface area (Å²) in [5.41, 5.74) is -4.69. The second kappa shape index (κ2) is 13.8. The van der Waals surface area contributed by atoms with E-state index < -0.39 is 71.2 Å². The molecule has 0 aliphatic rings. The van der Waals surface area contributed by atoms with Crippen molar-refractivity contribution < 1.29 is 43.9 Å². The third-order valence-corrected chi connectivity index (χ3v) is 7.68. The van der Waals surface area contributed by atoms with Crippen LogP contribution in [0.25, 0.3) is 22.1 Å². The molecule has 0 amide bonds. The van der Waals surface area contributed by atoms with Gasteiger partial charge in [-0.05, 0) is 51.0 Å². The van der Waals surface area contributed by atoms with E-state index in [0.717, 1.165) is 33.9 Å². The summed E-state index contributed by atoms with van der Waals surface area (Å²) in [6.07, 6.45) is -13.2. The number of pyridine rings is 2. The molecule has 0 aromatic carbocycles. The molecule has 276 valence electrons. The number of nitrogens with one attached hydrogen (secondary N) is 2. The molecule has 22 heteroatoms. The Kier molecular flexibility index (Phi) is 9.96. The molecule has 6 aromatic heterocycles. The molecule has 12 nitrogen and oxygen atoms in total. The number of alkyl halides is 10. The van der Waals surface area contributed by atoms with E-state index in [1.807, 2.05) is 0 Å². The first-order chi connectivity index (χ1) is 24.2. The normalized spacial score (nSPS) is 13.5. The van der Waals surface area contributed by atoms with Crippen molar-refractivity contribution in [1.29, 1.82) is 0 Å². The average Bonchev–Trinajstić information content (AvgIpc) is 3.64. The quantitative estimate of drug-likeness (QED) is 0.177. The van der Waals surface area contributed by atoms with Gasteiger partial charge >= 0.3 is 12.4 Å². The van der Waals surface area contributed by atoms with Gasteiger partial charge in [-0.2, -0.15) is 36.5 Å². The van der Waals surface area contributed by atoms with Crippen molar-refractivity contribution in [1.82, 2.24) is 49.5 Å². The lowest BCUT2D eigenvalue weighted by molar-refractivity contribution is -0.142. The number of H-pyrrole nitrogens is 2. The zero-order chi connectivity index (χ0) is 38.4. The van der Waals surface area contributed by atoms with Crippen molar-refractivity contribution in [2.24, 2.45) is 0 Å². The minimum absolute atomic E-state index is 0.0750. The van der Waals surface area contributed by atoms with Crippen LogP contribution in [0.2, 0.25) is 0 Å². The molecule has 6 rings (SSSR count). The van der Waals surface area contributed by atoms with Crippen LogP contribution in [-0.4, -0.2) is 49.5 Å². The maximum Gasteiger partial charge on any atom is 0.433 e. The largest absolute Gasteiger partial charge is 0.433 e.